The number of hydrogen-bond acceptors (Lipinski definition) is 4. The minimum atomic E-state index is -3.64. The summed E-state index contributed by atoms with van der Waals surface area (Å²) >= 11 is 3.32. The third kappa shape index (κ3) is 2.73. The van der Waals surface area contributed by atoms with E-state index < -0.39 is 10.0 Å². The van der Waals surface area contributed by atoms with E-state index in [0.717, 1.165) is 10.0 Å². The minimum Gasteiger partial charge on any atom is -0.338 e. The van der Waals surface area contributed by atoms with Crippen molar-refractivity contribution in [3.63, 3.8) is 0 Å². The van der Waals surface area contributed by atoms with Gasteiger partial charge in [-0.2, -0.15) is 0 Å². The topological polar surface area (TPSA) is 72.2 Å². The Morgan fingerprint density at radius 3 is 2.56 bits per heavy atom. The zero-order valence-corrected chi connectivity index (χ0v) is 12.2. The quantitative estimate of drug-likeness (QED) is 0.939. The summed E-state index contributed by atoms with van der Waals surface area (Å²) < 4.78 is 32.1. The first kappa shape index (κ1) is 13.1. The zero-order valence-electron chi connectivity index (χ0n) is 9.77. The van der Waals surface area contributed by atoms with Gasteiger partial charge in [-0.1, -0.05) is 21.1 Å². The number of anilines is 1. The van der Waals surface area contributed by atoms with Crippen molar-refractivity contribution >= 4 is 31.8 Å². The highest BCUT2D eigenvalue weighted by Gasteiger charge is 2.17. The van der Waals surface area contributed by atoms with Gasteiger partial charge in [-0.05, 0) is 37.6 Å². The lowest BCUT2D eigenvalue weighted by Gasteiger charge is -2.06. The standard InChI is InChI=1S/C11H11BrN2O3S/c1-7-5-9(3-4-10(7)12)18(15,16)14-11-6-8(2)13-17-11/h3-6,14H,1-2H3. The molecular weight excluding hydrogens is 320 g/mol. The van der Waals surface area contributed by atoms with Crippen molar-refractivity contribution in [3.8, 4) is 0 Å². The van der Waals surface area contributed by atoms with Crippen LogP contribution in [0.5, 0.6) is 0 Å². The molecular formula is C11H11BrN2O3S. The van der Waals surface area contributed by atoms with Gasteiger partial charge in [0.15, 0.2) is 0 Å². The number of aryl methyl sites for hydroxylation is 2. The van der Waals surface area contributed by atoms with Crippen molar-refractivity contribution in [1.82, 2.24) is 5.16 Å². The van der Waals surface area contributed by atoms with Gasteiger partial charge in [-0.3, -0.25) is 0 Å². The molecule has 0 saturated carbocycles. The van der Waals surface area contributed by atoms with Gasteiger partial charge in [0.1, 0.15) is 0 Å². The first-order valence-electron chi connectivity index (χ1n) is 5.11. The predicted molar refractivity (Wildman–Crippen MR) is 70.9 cm³/mol. The first-order valence-corrected chi connectivity index (χ1v) is 7.38. The van der Waals surface area contributed by atoms with Crippen LogP contribution in [0.4, 0.5) is 5.88 Å². The fourth-order valence-electron chi connectivity index (χ4n) is 1.39. The predicted octanol–water partition coefficient (Wildman–Crippen LogP) is 2.85. The van der Waals surface area contributed by atoms with Gasteiger partial charge < -0.3 is 4.52 Å². The van der Waals surface area contributed by atoms with Crippen LogP contribution in [0.1, 0.15) is 11.3 Å². The molecule has 5 nitrogen and oxygen atoms in total. The molecule has 0 saturated heterocycles. The highest BCUT2D eigenvalue weighted by molar-refractivity contribution is 9.10. The highest BCUT2D eigenvalue weighted by atomic mass is 79.9. The lowest BCUT2D eigenvalue weighted by molar-refractivity contribution is 0.430. The summed E-state index contributed by atoms with van der Waals surface area (Å²) in [5.74, 6) is 0.105. The molecule has 1 heterocycles. The van der Waals surface area contributed by atoms with Crippen molar-refractivity contribution in [2.45, 2.75) is 18.7 Å². The number of hydrogen-bond donors (Lipinski definition) is 1. The van der Waals surface area contributed by atoms with Gasteiger partial charge >= 0.3 is 0 Å². The SMILES string of the molecule is Cc1cc(NS(=O)(=O)c2ccc(Br)c(C)c2)on1. The fourth-order valence-corrected chi connectivity index (χ4v) is 2.69. The average molecular weight is 331 g/mol. The van der Waals surface area contributed by atoms with Crippen LogP contribution in [0, 0.1) is 13.8 Å². The molecule has 0 aliphatic heterocycles. The van der Waals surface area contributed by atoms with Crippen LogP contribution in [0.3, 0.4) is 0 Å². The van der Waals surface area contributed by atoms with Gasteiger partial charge in [-0.25, -0.2) is 13.1 Å². The van der Waals surface area contributed by atoms with Crippen LogP contribution in [0.25, 0.3) is 0 Å². The van der Waals surface area contributed by atoms with Crippen LogP contribution in [0.2, 0.25) is 0 Å². The van der Waals surface area contributed by atoms with E-state index in [9.17, 15) is 8.42 Å². The smallest absolute Gasteiger partial charge is 0.264 e. The molecule has 18 heavy (non-hydrogen) atoms. The summed E-state index contributed by atoms with van der Waals surface area (Å²) in [6.45, 7) is 3.53. The van der Waals surface area contributed by atoms with Crippen molar-refractivity contribution < 1.29 is 12.9 Å². The number of rotatable bonds is 3. The number of aromatic nitrogens is 1. The van der Waals surface area contributed by atoms with Crippen molar-refractivity contribution in [2.24, 2.45) is 0 Å². The fraction of sp³-hybridized carbons (Fsp3) is 0.182. The second-order valence-electron chi connectivity index (χ2n) is 3.85. The Hall–Kier alpha value is -1.34. The molecule has 1 N–H and O–H groups in total. The minimum absolute atomic E-state index is 0.105. The summed E-state index contributed by atoms with van der Waals surface area (Å²) in [4.78, 5) is 0.178. The lowest BCUT2D eigenvalue weighted by atomic mass is 10.2. The van der Waals surface area contributed by atoms with Crippen LogP contribution < -0.4 is 4.72 Å². The maximum Gasteiger partial charge on any atom is 0.264 e. The van der Waals surface area contributed by atoms with Crippen molar-refractivity contribution in [2.75, 3.05) is 4.72 Å². The van der Waals surface area contributed by atoms with E-state index in [4.69, 9.17) is 4.52 Å². The maximum atomic E-state index is 12.1. The number of benzene rings is 1. The normalized spacial score (nSPS) is 11.5. The van der Waals surface area contributed by atoms with Crippen LogP contribution >= 0.6 is 15.9 Å². The number of halogens is 1. The van der Waals surface area contributed by atoms with Gasteiger partial charge in [0.2, 0.25) is 5.88 Å². The molecule has 0 unspecified atom stereocenters. The molecule has 0 aliphatic carbocycles. The maximum absolute atomic E-state index is 12.1. The monoisotopic (exact) mass is 330 g/mol. The van der Waals surface area contributed by atoms with E-state index in [1.807, 2.05) is 6.92 Å². The molecule has 1 aromatic heterocycles. The van der Waals surface area contributed by atoms with Gasteiger partial charge in [0, 0.05) is 10.5 Å². The van der Waals surface area contributed by atoms with Crippen LogP contribution in [-0.4, -0.2) is 13.6 Å². The summed E-state index contributed by atoms with van der Waals surface area (Å²) in [7, 11) is -3.64. The molecule has 2 rings (SSSR count). The Labute approximate surface area is 113 Å². The zero-order chi connectivity index (χ0) is 13.3. The molecule has 7 heteroatoms. The van der Waals surface area contributed by atoms with E-state index >= 15 is 0 Å². The highest BCUT2D eigenvalue weighted by Crippen LogP contribution is 2.22. The van der Waals surface area contributed by atoms with Crippen molar-refractivity contribution in [3.05, 3.63) is 40.0 Å². The van der Waals surface area contributed by atoms with Gasteiger partial charge in [0.05, 0.1) is 10.6 Å². The Morgan fingerprint density at radius 2 is 2.00 bits per heavy atom. The molecule has 0 aliphatic rings. The second-order valence-corrected chi connectivity index (χ2v) is 6.39. The average Bonchev–Trinajstić information content (AvgIpc) is 2.67. The number of nitrogens with zero attached hydrogens (tertiary/aromatic N) is 1. The summed E-state index contributed by atoms with van der Waals surface area (Å²) in [5, 5.41) is 3.62. The molecule has 0 fully saturated rings. The number of sulfonamides is 1. The molecule has 0 spiro atoms. The Balaban J connectivity index is 2.33. The molecule has 0 bridgehead atoms. The summed E-state index contributed by atoms with van der Waals surface area (Å²) in [5.41, 5.74) is 1.45. The van der Waals surface area contributed by atoms with E-state index in [-0.39, 0.29) is 10.8 Å². The molecule has 2 aromatic rings. The molecule has 0 radical (unpaired) electrons. The molecule has 0 atom stereocenters. The van der Waals surface area contributed by atoms with E-state index in [1.54, 1.807) is 19.1 Å². The Bertz CT molecular complexity index is 679. The van der Waals surface area contributed by atoms with E-state index in [1.165, 1.54) is 12.1 Å². The van der Waals surface area contributed by atoms with E-state index in [2.05, 4.69) is 25.8 Å². The Morgan fingerprint density at radius 1 is 1.28 bits per heavy atom. The van der Waals surface area contributed by atoms with Crippen LogP contribution in [0.15, 0.2) is 38.2 Å². The van der Waals surface area contributed by atoms with E-state index in [0.29, 0.717) is 5.69 Å². The van der Waals surface area contributed by atoms with Gasteiger partial charge in [-0.15, -0.1) is 0 Å². The largest absolute Gasteiger partial charge is 0.338 e. The number of nitrogens with one attached hydrogen (secondary N) is 1. The molecule has 1 aromatic carbocycles. The van der Waals surface area contributed by atoms with Gasteiger partial charge in [0.25, 0.3) is 10.0 Å². The third-order valence-electron chi connectivity index (χ3n) is 2.30. The summed E-state index contributed by atoms with van der Waals surface area (Å²) in [6, 6.07) is 6.30. The first-order chi connectivity index (χ1) is 8.38. The molecule has 96 valence electrons. The van der Waals surface area contributed by atoms with Crippen molar-refractivity contribution in [1.29, 1.82) is 0 Å². The lowest BCUT2D eigenvalue weighted by Crippen LogP contribution is -2.12. The third-order valence-corrected chi connectivity index (χ3v) is 4.54. The summed E-state index contributed by atoms with van der Waals surface area (Å²) in [6.07, 6.45) is 0. The second kappa shape index (κ2) is 4.74. The van der Waals surface area contributed by atoms with Crippen LogP contribution in [-0.2, 0) is 10.0 Å². The molecule has 0 amide bonds. The Kier molecular flexibility index (Phi) is 3.45.